The van der Waals surface area contributed by atoms with Gasteiger partial charge in [0.25, 0.3) is 7.52 Å². The summed E-state index contributed by atoms with van der Waals surface area (Å²) in [5, 5.41) is 2.42. The summed E-state index contributed by atoms with van der Waals surface area (Å²) in [5.74, 6) is -0.252. The van der Waals surface area contributed by atoms with Crippen LogP contribution in [-0.4, -0.2) is 55.0 Å². The molecule has 2 aromatic rings. The molecule has 12 heteroatoms. The smallest absolute Gasteiger partial charge is 0.323 e. The van der Waals surface area contributed by atoms with E-state index in [0.717, 1.165) is 19.3 Å². The van der Waals surface area contributed by atoms with Crippen molar-refractivity contribution in [1.82, 2.24) is 24.6 Å². The molecule has 0 amide bonds. The first-order chi connectivity index (χ1) is 13.2. The van der Waals surface area contributed by atoms with Crippen LogP contribution in [0.1, 0.15) is 33.1 Å². The van der Waals surface area contributed by atoms with Gasteiger partial charge in [-0.15, -0.1) is 0 Å². The summed E-state index contributed by atoms with van der Waals surface area (Å²) in [6.07, 6.45) is 4.70. The molecule has 0 aliphatic heterocycles. The second kappa shape index (κ2) is 8.52. The third kappa shape index (κ3) is 5.05. The van der Waals surface area contributed by atoms with Crippen LogP contribution in [0.3, 0.4) is 0 Å². The maximum absolute atomic E-state index is 12.3. The Morgan fingerprint density at radius 2 is 2.18 bits per heavy atom. The number of ether oxygens (including phenoxy) is 2. The number of hydrogen-bond acceptors (Lipinski definition) is 8. The molecule has 1 aliphatic carbocycles. The van der Waals surface area contributed by atoms with Gasteiger partial charge in [-0.3, -0.25) is 9.36 Å². The normalized spacial score (nSPS) is 19.0. The number of imidazole rings is 1. The van der Waals surface area contributed by atoms with E-state index in [1.165, 1.54) is 13.3 Å². The molecule has 0 saturated heterocycles. The van der Waals surface area contributed by atoms with Crippen LogP contribution in [0, 0.1) is 0 Å². The summed E-state index contributed by atoms with van der Waals surface area (Å²) < 4.78 is 24.8. The van der Waals surface area contributed by atoms with Crippen LogP contribution < -0.4 is 10.8 Å². The van der Waals surface area contributed by atoms with Crippen LogP contribution in [0.4, 0.5) is 5.82 Å². The zero-order valence-electron chi connectivity index (χ0n) is 15.8. The lowest BCUT2D eigenvalue weighted by Crippen LogP contribution is -2.38. The summed E-state index contributed by atoms with van der Waals surface area (Å²) in [7, 11) is -3.88. The third-order valence-corrected chi connectivity index (χ3v) is 5.79. The molecule has 154 valence electrons. The third-order valence-electron chi connectivity index (χ3n) is 4.50. The zero-order valence-corrected chi connectivity index (χ0v) is 16.7. The van der Waals surface area contributed by atoms with Crippen molar-refractivity contribution < 1.29 is 23.7 Å². The standard InChI is InChI=1S/C16H25N6O5P/c1-10(6-22-8-20-13-14(17)18-7-19-15(13)22)26-9-28(24,25)21-11(2)16(23)27-12-4-3-5-12/h7-8,10-12H,3-6,9H2,1-2H3,(H2,17,18,19)(H2,21,24,25)/t10-,11+/m1/s1. The molecule has 0 spiro atoms. The van der Waals surface area contributed by atoms with E-state index < -0.39 is 32.0 Å². The fourth-order valence-corrected chi connectivity index (χ4v) is 3.98. The van der Waals surface area contributed by atoms with E-state index in [1.807, 2.05) is 0 Å². The Morgan fingerprint density at radius 1 is 1.43 bits per heavy atom. The average Bonchev–Trinajstić information content (AvgIpc) is 3.00. The van der Waals surface area contributed by atoms with Gasteiger partial charge in [-0.25, -0.2) is 20.0 Å². The zero-order chi connectivity index (χ0) is 20.3. The van der Waals surface area contributed by atoms with E-state index in [2.05, 4.69) is 20.0 Å². The van der Waals surface area contributed by atoms with Gasteiger partial charge < -0.3 is 24.7 Å². The van der Waals surface area contributed by atoms with Crippen molar-refractivity contribution in [2.24, 2.45) is 0 Å². The lowest BCUT2D eigenvalue weighted by Gasteiger charge is -2.27. The number of hydrogen-bond donors (Lipinski definition) is 3. The number of rotatable bonds is 9. The molecule has 0 aromatic carbocycles. The van der Waals surface area contributed by atoms with Crippen molar-refractivity contribution in [1.29, 1.82) is 0 Å². The van der Waals surface area contributed by atoms with E-state index >= 15 is 0 Å². The minimum atomic E-state index is -3.88. The summed E-state index contributed by atoms with van der Waals surface area (Å²) in [6, 6.07) is -0.896. The van der Waals surface area contributed by atoms with Gasteiger partial charge in [0.1, 0.15) is 30.3 Å². The monoisotopic (exact) mass is 412 g/mol. The topological polar surface area (TPSA) is 154 Å². The molecule has 1 saturated carbocycles. The Hall–Kier alpha value is -2.07. The Kier molecular flexibility index (Phi) is 6.29. The van der Waals surface area contributed by atoms with Gasteiger partial charge in [-0.2, -0.15) is 0 Å². The van der Waals surface area contributed by atoms with Crippen LogP contribution >= 0.6 is 7.52 Å². The molecule has 3 rings (SSSR count). The number of anilines is 1. The minimum absolute atomic E-state index is 0.0750. The molecule has 11 nitrogen and oxygen atoms in total. The fraction of sp³-hybridized carbons (Fsp3) is 0.625. The average molecular weight is 412 g/mol. The maximum atomic E-state index is 12.3. The van der Waals surface area contributed by atoms with Gasteiger partial charge in [-0.1, -0.05) is 0 Å². The predicted molar refractivity (Wildman–Crippen MR) is 101 cm³/mol. The first-order valence-electron chi connectivity index (χ1n) is 9.08. The van der Waals surface area contributed by atoms with Crippen LogP contribution in [0.25, 0.3) is 11.2 Å². The Balaban J connectivity index is 1.49. The van der Waals surface area contributed by atoms with Gasteiger partial charge in [0.05, 0.1) is 19.0 Å². The highest BCUT2D eigenvalue weighted by atomic mass is 31.2. The van der Waals surface area contributed by atoms with Crippen molar-refractivity contribution in [3.05, 3.63) is 12.7 Å². The fourth-order valence-electron chi connectivity index (χ4n) is 2.74. The van der Waals surface area contributed by atoms with Crippen LogP contribution in [0.2, 0.25) is 0 Å². The van der Waals surface area contributed by atoms with Crippen molar-refractivity contribution in [3.8, 4) is 0 Å². The lowest BCUT2D eigenvalue weighted by atomic mass is 9.96. The molecular weight excluding hydrogens is 387 g/mol. The molecular formula is C16H25N6O5P. The van der Waals surface area contributed by atoms with Gasteiger partial charge in [0, 0.05) is 0 Å². The number of nitrogens with zero attached hydrogens (tertiary/aromatic N) is 4. The highest BCUT2D eigenvalue weighted by Gasteiger charge is 2.29. The number of esters is 1. The molecule has 1 unspecified atom stereocenters. The number of nitrogens with one attached hydrogen (secondary N) is 1. The second-order valence-corrected chi connectivity index (χ2v) is 8.90. The van der Waals surface area contributed by atoms with Gasteiger partial charge in [0.15, 0.2) is 11.5 Å². The number of carbonyl (C=O) groups is 1. The van der Waals surface area contributed by atoms with Gasteiger partial charge in [0.2, 0.25) is 0 Å². The molecule has 28 heavy (non-hydrogen) atoms. The summed E-state index contributed by atoms with van der Waals surface area (Å²) in [4.78, 5) is 34.2. The van der Waals surface area contributed by atoms with Crippen molar-refractivity contribution in [2.45, 2.75) is 57.9 Å². The maximum Gasteiger partial charge on any atom is 0.323 e. The predicted octanol–water partition coefficient (Wildman–Crippen LogP) is 1.03. The van der Waals surface area contributed by atoms with Crippen LogP contribution in [-0.2, 0) is 25.4 Å². The number of aromatic nitrogens is 4. The first-order valence-corrected chi connectivity index (χ1v) is 10.9. The lowest BCUT2D eigenvalue weighted by molar-refractivity contribution is -0.154. The van der Waals surface area contributed by atoms with E-state index in [-0.39, 0.29) is 11.9 Å². The second-order valence-electron chi connectivity index (χ2n) is 6.98. The SMILES string of the molecule is C[C@H](Cn1cnc2c(N)ncnc21)OCP(=O)(O)N[C@@H](C)C(=O)OC1CCC1. The Morgan fingerprint density at radius 3 is 2.86 bits per heavy atom. The highest BCUT2D eigenvalue weighted by Crippen LogP contribution is 2.36. The van der Waals surface area contributed by atoms with Gasteiger partial charge in [-0.05, 0) is 33.1 Å². The molecule has 3 atom stereocenters. The van der Waals surface area contributed by atoms with Crippen molar-refractivity contribution in [3.63, 3.8) is 0 Å². The molecule has 4 N–H and O–H groups in total. The number of carbonyl (C=O) groups excluding carboxylic acids is 1. The summed E-state index contributed by atoms with van der Waals surface area (Å²) in [6.45, 7) is 3.60. The summed E-state index contributed by atoms with van der Waals surface area (Å²) >= 11 is 0. The van der Waals surface area contributed by atoms with E-state index in [4.69, 9.17) is 15.2 Å². The number of fused-ring (bicyclic) bond motifs is 1. The van der Waals surface area contributed by atoms with Crippen LogP contribution in [0.15, 0.2) is 12.7 Å². The molecule has 1 fully saturated rings. The molecule has 2 aromatic heterocycles. The molecule has 1 aliphatic rings. The number of nitrogens with two attached hydrogens (primary N) is 1. The van der Waals surface area contributed by atoms with Gasteiger partial charge >= 0.3 is 5.97 Å². The molecule has 2 heterocycles. The first kappa shape index (κ1) is 20.7. The molecule has 0 radical (unpaired) electrons. The van der Waals surface area contributed by atoms with Crippen molar-refractivity contribution >= 4 is 30.5 Å². The Labute approximate surface area is 162 Å². The minimum Gasteiger partial charge on any atom is -0.461 e. The van der Waals surface area contributed by atoms with E-state index in [1.54, 1.807) is 17.8 Å². The number of nitrogen functional groups attached to an aromatic ring is 1. The highest BCUT2D eigenvalue weighted by molar-refractivity contribution is 7.55. The summed E-state index contributed by atoms with van der Waals surface area (Å²) in [5.41, 5.74) is 6.80. The van der Waals surface area contributed by atoms with E-state index in [9.17, 15) is 14.3 Å². The van der Waals surface area contributed by atoms with Crippen LogP contribution in [0.5, 0.6) is 0 Å². The quantitative estimate of drug-likeness (QED) is 0.402. The largest absolute Gasteiger partial charge is 0.461 e. The van der Waals surface area contributed by atoms with Crippen molar-refractivity contribution in [2.75, 3.05) is 12.1 Å². The molecule has 0 bridgehead atoms. The Bertz CT molecular complexity index is 886. The van der Waals surface area contributed by atoms with E-state index in [0.29, 0.717) is 17.7 Å².